The summed E-state index contributed by atoms with van der Waals surface area (Å²) in [7, 11) is 0. The van der Waals surface area contributed by atoms with E-state index < -0.39 is 0 Å². The fourth-order valence-electron chi connectivity index (χ4n) is 0.612. The van der Waals surface area contributed by atoms with Crippen molar-refractivity contribution in [3.05, 3.63) is 0 Å². The van der Waals surface area contributed by atoms with E-state index in [0.29, 0.717) is 0 Å². The highest BCUT2D eigenvalue weighted by molar-refractivity contribution is 6.11. The van der Waals surface area contributed by atoms with Crippen LogP contribution in [0.5, 0.6) is 0 Å². The van der Waals surface area contributed by atoms with Crippen molar-refractivity contribution in [3.8, 4) is 0 Å². The monoisotopic (exact) mass is 114 g/mol. The second kappa shape index (κ2) is 4.69. The first-order chi connectivity index (χ1) is 3.27. The molecule has 0 aromatic carbocycles. The van der Waals surface area contributed by atoms with E-state index in [9.17, 15) is 0 Å². The third-order valence-corrected chi connectivity index (χ3v) is 1.71. The van der Waals surface area contributed by atoms with E-state index in [0.717, 1.165) is 4.78 Å². The Morgan fingerprint density at radius 3 is 2.29 bits per heavy atom. The molecule has 0 nitrogen and oxygen atoms in total. The molecule has 0 radical (unpaired) electrons. The Labute approximate surface area is 54.7 Å². The van der Waals surface area contributed by atoms with E-state index >= 15 is 0 Å². The van der Waals surface area contributed by atoms with Crippen molar-refractivity contribution in [1.29, 1.82) is 0 Å². The molecule has 0 saturated heterocycles. The molecule has 0 aromatic rings. The highest BCUT2D eigenvalue weighted by atomic mass is 27.0. The SMILES string of the molecule is CCCC[CH](C)[AlH2]. The number of hydrogen-bond donors (Lipinski definition) is 0. The Bertz CT molecular complexity index is 33.2. The van der Waals surface area contributed by atoms with Crippen LogP contribution in [-0.2, 0) is 0 Å². The minimum Gasteiger partial charge on any atom is -0.0928 e. The van der Waals surface area contributed by atoms with Gasteiger partial charge in [-0.1, -0.05) is 37.9 Å². The Balaban J connectivity index is 2.68. The van der Waals surface area contributed by atoms with Crippen LogP contribution in [-0.4, -0.2) is 16.3 Å². The van der Waals surface area contributed by atoms with Crippen molar-refractivity contribution in [2.24, 2.45) is 0 Å². The Morgan fingerprint density at radius 1 is 1.57 bits per heavy atom. The summed E-state index contributed by atoms with van der Waals surface area (Å²) in [6.45, 7) is 4.59. The molecule has 0 aliphatic carbocycles. The van der Waals surface area contributed by atoms with E-state index in [4.69, 9.17) is 0 Å². The molecule has 0 spiro atoms. The van der Waals surface area contributed by atoms with Gasteiger partial charge in [-0.3, -0.25) is 0 Å². The summed E-state index contributed by atoms with van der Waals surface area (Å²) in [6.07, 6.45) is 4.26. The minimum atomic E-state index is 1.04. The van der Waals surface area contributed by atoms with Crippen LogP contribution in [0.2, 0.25) is 4.78 Å². The van der Waals surface area contributed by atoms with Crippen LogP contribution in [0.25, 0.3) is 0 Å². The van der Waals surface area contributed by atoms with Gasteiger partial charge in [0.25, 0.3) is 0 Å². The summed E-state index contributed by atoms with van der Waals surface area (Å²) in [4.78, 5) is 0. The largest absolute Gasteiger partial charge is 0.215 e. The zero-order valence-corrected chi connectivity index (χ0v) is 7.70. The molecule has 0 aliphatic heterocycles. The standard InChI is InChI=1S/C6H13.Al.2H/c1-3-5-6-4-2;;;/h3H,4-6H2,1-2H3;;;. The predicted molar refractivity (Wildman–Crippen MR) is 37.5 cm³/mol. The lowest BCUT2D eigenvalue weighted by Crippen LogP contribution is -1.82. The van der Waals surface area contributed by atoms with Gasteiger partial charge in [-0.25, -0.2) is 0 Å². The highest BCUT2D eigenvalue weighted by Crippen LogP contribution is 2.07. The third-order valence-electron chi connectivity index (χ3n) is 1.14. The molecule has 0 fully saturated rings. The minimum absolute atomic E-state index is 1.04. The van der Waals surface area contributed by atoms with E-state index in [1.165, 1.54) is 35.6 Å². The number of rotatable bonds is 3. The van der Waals surface area contributed by atoms with Crippen LogP contribution in [0.15, 0.2) is 0 Å². The zero-order valence-electron chi connectivity index (χ0n) is 5.70. The normalized spacial score (nSPS) is 14.0. The van der Waals surface area contributed by atoms with Crippen LogP contribution in [0.3, 0.4) is 0 Å². The second-order valence-electron chi connectivity index (χ2n) is 2.54. The Kier molecular flexibility index (Phi) is 5.04. The second-order valence-corrected chi connectivity index (χ2v) is 4.51. The summed E-state index contributed by atoms with van der Waals surface area (Å²) in [5.41, 5.74) is 0. The van der Waals surface area contributed by atoms with Crippen LogP contribution in [0, 0.1) is 0 Å². The highest BCUT2D eigenvalue weighted by Gasteiger charge is 1.89. The predicted octanol–water partition coefficient (Wildman–Crippen LogP) is 1.62. The summed E-state index contributed by atoms with van der Waals surface area (Å²) in [5.74, 6) is 0. The van der Waals surface area contributed by atoms with Gasteiger partial charge in [-0.05, 0) is 0 Å². The molecular weight excluding hydrogens is 99.0 g/mol. The van der Waals surface area contributed by atoms with E-state index in [2.05, 4.69) is 13.8 Å². The van der Waals surface area contributed by atoms with Gasteiger partial charge in [0.05, 0.1) is 0 Å². The first-order valence-electron chi connectivity index (χ1n) is 3.27. The third kappa shape index (κ3) is 6.53. The summed E-state index contributed by atoms with van der Waals surface area (Å²) in [6, 6.07) is 0. The maximum absolute atomic E-state index is 2.34. The van der Waals surface area contributed by atoms with Gasteiger partial charge in [-0.15, -0.1) is 0 Å². The molecule has 0 aliphatic rings. The van der Waals surface area contributed by atoms with Gasteiger partial charge in [0.15, 0.2) is 0 Å². The first kappa shape index (κ1) is 7.53. The fourth-order valence-corrected chi connectivity index (χ4v) is 1.02. The van der Waals surface area contributed by atoms with Crippen molar-refractivity contribution >= 4 is 16.3 Å². The van der Waals surface area contributed by atoms with E-state index in [1.807, 2.05) is 0 Å². The van der Waals surface area contributed by atoms with Crippen LogP contribution in [0.1, 0.15) is 33.1 Å². The molecular formula is C6H15Al. The first-order valence-corrected chi connectivity index (χ1v) is 4.42. The molecule has 1 heteroatoms. The molecule has 0 N–H and O–H groups in total. The van der Waals surface area contributed by atoms with Crippen molar-refractivity contribution in [2.45, 2.75) is 37.9 Å². The number of hydrogen-bond acceptors (Lipinski definition) is 0. The Morgan fingerprint density at radius 2 is 2.14 bits per heavy atom. The Hall–Kier alpha value is 0.532. The van der Waals surface area contributed by atoms with Crippen LogP contribution >= 0.6 is 0 Å². The van der Waals surface area contributed by atoms with Gasteiger partial charge in [-0.2, -0.15) is 0 Å². The summed E-state index contributed by atoms with van der Waals surface area (Å²) < 4.78 is 1.04. The van der Waals surface area contributed by atoms with Crippen molar-refractivity contribution in [2.75, 3.05) is 0 Å². The average molecular weight is 114 g/mol. The van der Waals surface area contributed by atoms with Gasteiger partial charge in [0, 0.05) is 0 Å². The van der Waals surface area contributed by atoms with Gasteiger partial charge >= 0.3 is 0 Å². The molecule has 0 rings (SSSR count). The average Bonchev–Trinajstić information content (AvgIpc) is 1.61. The number of unbranched alkanes of at least 4 members (excludes halogenated alkanes) is 1. The maximum Gasteiger partial charge on any atom is 0.215 e. The maximum atomic E-state index is 2.34. The quantitative estimate of drug-likeness (QED) is 0.489. The molecule has 7 heavy (non-hydrogen) atoms. The lowest BCUT2D eigenvalue weighted by Gasteiger charge is -1.98. The van der Waals surface area contributed by atoms with E-state index in [1.54, 1.807) is 0 Å². The van der Waals surface area contributed by atoms with Crippen LogP contribution < -0.4 is 0 Å². The van der Waals surface area contributed by atoms with E-state index in [-0.39, 0.29) is 0 Å². The summed E-state index contributed by atoms with van der Waals surface area (Å²) >= 11 is 1.38. The van der Waals surface area contributed by atoms with Crippen molar-refractivity contribution < 1.29 is 0 Å². The lowest BCUT2D eigenvalue weighted by molar-refractivity contribution is 0.701. The lowest BCUT2D eigenvalue weighted by atomic mass is 10.2. The molecule has 0 saturated carbocycles. The molecule has 42 valence electrons. The van der Waals surface area contributed by atoms with Crippen LogP contribution in [0.4, 0.5) is 0 Å². The molecule has 1 unspecified atom stereocenters. The van der Waals surface area contributed by atoms with Crippen molar-refractivity contribution in [1.82, 2.24) is 0 Å². The smallest absolute Gasteiger partial charge is 0.0928 e. The molecule has 1 atom stereocenters. The van der Waals surface area contributed by atoms with Gasteiger partial charge < -0.3 is 0 Å². The van der Waals surface area contributed by atoms with Crippen molar-refractivity contribution in [3.63, 3.8) is 0 Å². The van der Waals surface area contributed by atoms with Gasteiger partial charge in [0.1, 0.15) is 0 Å². The fraction of sp³-hybridized carbons (Fsp3) is 1.00. The molecule has 0 aromatic heterocycles. The van der Waals surface area contributed by atoms with Gasteiger partial charge in [0.2, 0.25) is 16.3 Å². The zero-order chi connectivity index (χ0) is 5.70. The topological polar surface area (TPSA) is 0 Å². The molecule has 0 bridgehead atoms. The molecule has 0 amide bonds. The summed E-state index contributed by atoms with van der Waals surface area (Å²) in [5, 5.41) is 0. The molecule has 0 heterocycles.